The number of nitrogens with one attached hydrogen (secondary N) is 2. The predicted molar refractivity (Wildman–Crippen MR) is 139 cm³/mol. The summed E-state index contributed by atoms with van der Waals surface area (Å²) in [5.41, 5.74) is 0.953. The number of urea groups is 1. The van der Waals surface area contributed by atoms with Crippen LogP contribution in [-0.2, 0) is 0 Å². The molecule has 4 aliphatic carbocycles. The van der Waals surface area contributed by atoms with E-state index in [2.05, 4.69) is 43.2 Å². The highest BCUT2D eigenvalue weighted by Gasteiger charge is 2.69. The number of amides is 2. The number of fused-ring (bicyclic) bond motifs is 4. The van der Waals surface area contributed by atoms with Crippen molar-refractivity contribution in [1.82, 2.24) is 5.32 Å². The van der Waals surface area contributed by atoms with Crippen molar-refractivity contribution in [2.24, 2.45) is 28.6 Å². The lowest BCUT2D eigenvalue weighted by Gasteiger charge is -2.65. The Balaban J connectivity index is 1.28. The lowest BCUT2D eigenvalue weighted by molar-refractivity contribution is -0.195. The number of carbonyl (C=O) groups is 1. The van der Waals surface area contributed by atoms with Gasteiger partial charge < -0.3 is 20.8 Å². The molecular weight excluding hydrogens is 436 g/mol. The molecule has 0 heterocycles. The fraction of sp³-hybridized carbons (Fsp3) is 0.567. The van der Waals surface area contributed by atoms with E-state index >= 15 is 0 Å². The van der Waals surface area contributed by atoms with Crippen molar-refractivity contribution in [3.05, 3.63) is 54.6 Å². The summed E-state index contributed by atoms with van der Waals surface area (Å²) in [7, 11) is 0. The Morgan fingerprint density at radius 2 is 1.83 bits per heavy atom. The fourth-order valence-corrected chi connectivity index (χ4v) is 9.37. The van der Waals surface area contributed by atoms with Crippen LogP contribution in [0.5, 0.6) is 0 Å². The van der Waals surface area contributed by atoms with Gasteiger partial charge >= 0.3 is 6.03 Å². The third-order valence-electron chi connectivity index (χ3n) is 10.6. The van der Waals surface area contributed by atoms with Crippen molar-refractivity contribution in [2.45, 2.75) is 76.5 Å². The van der Waals surface area contributed by atoms with Gasteiger partial charge in [-0.2, -0.15) is 0 Å². The Kier molecular flexibility index (Phi) is 5.15. The van der Waals surface area contributed by atoms with Crippen LogP contribution in [0, 0.1) is 28.6 Å². The van der Waals surface area contributed by atoms with Crippen molar-refractivity contribution in [3.63, 3.8) is 0 Å². The van der Waals surface area contributed by atoms with Crippen molar-refractivity contribution in [2.75, 3.05) is 5.32 Å². The second-order valence-electron chi connectivity index (χ2n) is 12.4. The second-order valence-corrected chi connectivity index (χ2v) is 12.4. The molecule has 2 amide bonds. The van der Waals surface area contributed by atoms with Crippen LogP contribution < -0.4 is 10.6 Å². The van der Waals surface area contributed by atoms with Crippen LogP contribution in [-0.4, -0.2) is 34.0 Å². The molecule has 6 rings (SSSR count). The van der Waals surface area contributed by atoms with Gasteiger partial charge in [0.15, 0.2) is 0 Å². The summed E-state index contributed by atoms with van der Waals surface area (Å²) in [5.74, 6) is 0.502. The molecule has 0 aromatic heterocycles. The summed E-state index contributed by atoms with van der Waals surface area (Å²) >= 11 is 0. The van der Waals surface area contributed by atoms with Gasteiger partial charge in [-0.3, -0.25) is 0 Å². The van der Waals surface area contributed by atoms with Gasteiger partial charge in [0, 0.05) is 16.3 Å². The minimum absolute atomic E-state index is 0.0294. The lowest BCUT2D eigenvalue weighted by atomic mass is 9.41. The van der Waals surface area contributed by atoms with Crippen LogP contribution in [0.4, 0.5) is 10.5 Å². The first kappa shape index (κ1) is 23.1. The van der Waals surface area contributed by atoms with Crippen molar-refractivity contribution in [3.8, 4) is 0 Å². The van der Waals surface area contributed by atoms with E-state index in [0.717, 1.165) is 60.6 Å². The summed E-state index contributed by atoms with van der Waals surface area (Å²) in [6.07, 6.45) is 5.47. The molecule has 35 heavy (non-hydrogen) atoms. The highest BCUT2D eigenvalue weighted by atomic mass is 16.3. The third kappa shape index (κ3) is 3.24. The van der Waals surface area contributed by atoms with Gasteiger partial charge in [-0.25, -0.2) is 4.79 Å². The van der Waals surface area contributed by atoms with E-state index in [1.807, 2.05) is 30.3 Å². The zero-order valence-corrected chi connectivity index (χ0v) is 20.9. The van der Waals surface area contributed by atoms with Gasteiger partial charge in [0.05, 0.1) is 17.9 Å². The monoisotopic (exact) mass is 474 g/mol. The summed E-state index contributed by atoms with van der Waals surface area (Å²) in [4.78, 5) is 13.4. The average Bonchev–Trinajstić information content (AvgIpc) is 2.99. The number of aliphatic hydroxyl groups excluding tert-OH is 2. The summed E-state index contributed by atoms with van der Waals surface area (Å²) in [6, 6.07) is 13.9. The van der Waals surface area contributed by atoms with E-state index in [1.54, 1.807) is 0 Å². The number of rotatable bonds is 2. The smallest absolute Gasteiger partial charge is 0.319 e. The molecule has 4 N–H and O–H groups in total. The number of hydrogen-bond acceptors (Lipinski definition) is 3. The Morgan fingerprint density at radius 3 is 2.66 bits per heavy atom. The maximum absolute atomic E-state index is 13.4. The molecule has 2 aromatic carbocycles. The van der Waals surface area contributed by atoms with Crippen LogP contribution in [0.15, 0.2) is 54.6 Å². The quantitative estimate of drug-likeness (QED) is 0.426. The van der Waals surface area contributed by atoms with Gasteiger partial charge in [-0.15, -0.1) is 0 Å². The van der Waals surface area contributed by atoms with Gasteiger partial charge in [-0.1, -0.05) is 56.3 Å². The fourth-order valence-electron chi connectivity index (χ4n) is 9.37. The molecule has 0 aliphatic heterocycles. The van der Waals surface area contributed by atoms with Crippen LogP contribution in [0.3, 0.4) is 0 Å². The lowest BCUT2D eigenvalue weighted by Crippen LogP contribution is -2.67. The minimum atomic E-state index is -0.525. The second kappa shape index (κ2) is 7.81. The molecule has 186 valence electrons. The van der Waals surface area contributed by atoms with E-state index in [4.69, 9.17) is 0 Å². The van der Waals surface area contributed by atoms with E-state index < -0.39 is 12.2 Å². The summed E-state index contributed by atoms with van der Waals surface area (Å²) in [5, 5.41) is 31.4. The molecule has 4 aliphatic rings. The summed E-state index contributed by atoms with van der Waals surface area (Å²) in [6.45, 7) is 8.74. The Hall–Kier alpha value is -2.37. The molecule has 0 radical (unpaired) electrons. The molecule has 4 fully saturated rings. The number of carbonyl (C=O) groups excluding carboxylic acids is 1. The van der Waals surface area contributed by atoms with E-state index in [1.165, 1.54) is 0 Å². The zero-order valence-electron chi connectivity index (χ0n) is 20.9. The van der Waals surface area contributed by atoms with Crippen molar-refractivity contribution >= 4 is 22.5 Å². The normalized spacial score (nSPS) is 42.3. The Bertz CT molecular complexity index is 1190. The van der Waals surface area contributed by atoms with E-state index in [-0.39, 0.29) is 40.2 Å². The number of anilines is 1. The highest BCUT2D eigenvalue weighted by molar-refractivity contribution is 6.01. The molecule has 0 unspecified atom stereocenters. The molecule has 4 saturated carbocycles. The van der Waals surface area contributed by atoms with Gasteiger partial charge in [0.25, 0.3) is 0 Å². The molecule has 5 nitrogen and oxygen atoms in total. The molecule has 1 spiro atoms. The highest BCUT2D eigenvalue weighted by Crippen LogP contribution is 2.70. The zero-order chi connectivity index (χ0) is 24.6. The van der Waals surface area contributed by atoms with Crippen molar-refractivity contribution < 1.29 is 15.0 Å². The van der Waals surface area contributed by atoms with Gasteiger partial charge in [0.1, 0.15) is 0 Å². The van der Waals surface area contributed by atoms with Crippen LogP contribution in [0.25, 0.3) is 10.8 Å². The van der Waals surface area contributed by atoms with Gasteiger partial charge in [-0.05, 0) is 85.6 Å². The number of aliphatic hydroxyl groups is 2. The molecular formula is C30H38N2O3. The first-order valence-electron chi connectivity index (χ1n) is 13.3. The van der Waals surface area contributed by atoms with Crippen LogP contribution in [0.1, 0.15) is 58.8 Å². The standard InChI is InChI=1S/C30H38N2O3/c1-18-20-16-23(33)25-28(2)13-7-14-29(3,24(28)12-15-30(25,17-20)26(18)34)32-27(35)31-22-11-6-9-19-8-4-5-10-21(19)22/h4-6,8-11,20,23-26,33-34H,1,7,12-17H2,2-3H3,(H2,31,32,35)/t20-,23+,24+,25+,26-,28-,29-,30-/m1/s1. The molecule has 8 atom stereocenters. The third-order valence-corrected chi connectivity index (χ3v) is 10.6. The maximum atomic E-state index is 13.4. The van der Waals surface area contributed by atoms with Gasteiger partial charge in [0.2, 0.25) is 0 Å². The van der Waals surface area contributed by atoms with Crippen LogP contribution in [0.2, 0.25) is 0 Å². The predicted octanol–water partition coefficient (Wildman–Crippen LogP) is 5.62. The molecule has 2 aromatic rings. The molecule has 0 saturated heterocycles. The van der Waals surface area contributed by atoms with Crippen LogP contribution >= 0.6 is 0 Å². The first-order chi connectivity index (χ1) is 16.7. The largest absolute Gasteiger partial charge is 0.393 e. The first-order valence-corrected chi connectivity index (χ1v) is 13.3. The van der Waals surface area contributed by atoms with E-state index in [9.17, 15) is 15.0 Å². The SMILES string of the molecule is C=C1[C@@H]2C[C@H](O)[C@H]3[C@]4(C)CCC[C@@](C)(NC(=O)Nc5cccc6ccccc56)[C@H]4CC[C@]3(C2)[C@@H]1O. The maximum Gasteiger partial charge on any atom is 0.319 e. The Morgan fingerprint density at radius 1 is 1.06 bits per heavy atom. The molecule has 5 heteroatoms. The average molecular weight is 475 g/mol. The van der Waals surface area contributed by atoms with Crippen molar-refractivity contribution in [1.29, 1.82) is 0 Å². The topological polar surface area (TPSA) is 81.6 Å². The summed E-state index contributed by atoms with van der Waals surface area (Å²) < 4.78 is 0. The number of hydrogen-bond donors (Lipinski definition) is 4. The Labute approximate surface area is 208 Å². The minimum Gasteiger partial charge on any atom is -0.393 e. The molecule has 2 bridgehead atoms. The van der Waals surface area contributed by atoms with E-state index in [0.29, 0.717) is 6.42 Å². The number of benzene rings is 2.